The number of hydrogen-bond donors (Lipinski definition) is 4. The Morgan fingerprint density at radius 3 is 2.41 bits per heavy atom. The predicted molar refractivity (Wildman–Crippen MR) is 151 cm³/mol. The van der Waals surface area contributed by atoms with E-state index in [1.165, 1.54) is 0 Å². The minimum absolute atomic E-state index is 0.191. The summed E-state index contributed by atoms with van der Waals surface area (Å²) in [6.07, 6.45) is 2.86. The van der Waals surface area contributed by atoms with Gasteiger partial charge in [0.15, 0.2) is 0 Å². The fourth-order valence-corrected chi connectivity index (χ4v) is 4.22. The van der Waals surface area contributed by atoms with Crippen LogP contribution in [0.25, 0.3) is 10.9 Å². The molecule has 0 radical (unpaired) electrons. The number of nitrogens with two attached hydrogens (primary N) is 1. The first-order chi connectivity index (χ1) is 18.5. The Bertz CT molecular complexity index is 1230. The normalized spacial score (nSPS) is 13.8. The number of esters is 1. The van der Waals surface area contributed by atoms with Crippen LogP contribution in [0, 0.1) is 0 Å². The van der Waals surface area contributed by atoms with Gasteiger partial charge in [0.1, 0.15) is 18.2 Å². The van der Waals surface area contributed by atoms with Crippen LogP contribution in [0.1, 0.15) is 64.0 Å². The zero-order valence-electron chi connectivity index (χ0n) is 23.2. The molecule has 2 unspecified atom stereocenters. The first-order valence-electron chi connectivity index (χ1n) is 13.3. The van der Waals surface area contributed by atoms with Crippen molar-refractivity contribution in [2.75, 3.05) is 6.54 Å². The van der Waals surface area contributed by atoms with Crippen molar-refractivity contribution in [1.29, 1.82) is 0 Å². The molecule has 0 saturated heterocycles. The van der Waals surface area contributed by atoms with Crippen molar-refractivity contribution in [1.82, 2.24) is 15.6 Å². The maximum absolute atomic E-state index is 13.1. The number of hydrogen-bond acceptors (Lipinski definition) is 6. The van der Waals surface area contributed by atoms with E-state index in [2.05, 4.69) is 15.6 Å². The van der Waals surface area contributed by atoms with E-state index in [0.717, 1.165) is 22.0 Å². The van der Waals surface area contributed by atoms with Gasteiger partial charge >= 0.3 is 12.1 Å². The van der Waals surface area contributed by atoms with Gasteiger partial charge in [-0.3, -0.25) is 4.79 Å². The quantitative estimate of drug-likeness (QED) is 0.199. The Kier molecular flexibility index (Phi) is 10.5. The summed E-state index contributed by atoms with van der Waals surface area (Å²) < 4.78 is 10.8. The monoisotopic (exact) mass is 536 g/mol. The number of para-hydroxylation sites is 1. The number of nitrogens with one attached hydrogen (secondary N) is 3. The third-order valence-corrected chi connectivity index (χ3v) is 6.36. The van der Waals surface area contributed by atoms with Gasteiger partial charge in [-0.1, -0.05) is 55.5 Å². The second kappa shape index (κ2) is 13.8. The van der Waals surface area contributed by atoms with Gasteiger partial charge in [-0.15, -0.1) is 0 Å². The van der Waals surface area contributed by atoms with E-state index >= 15 is 0 Å². The minimum Gasteiger partial charge on any atom is -0.458 e. The molecular formula is C30H40N4O5. The molecule has 0 aliphatic heterocycles. The third kappa shape index (κ3) is 9.14. The second-order valence-electron chi connectivity index (χ2n) is 10.7. The number of rotatable bonds is 12. The van der Waals surface area contributed by atoms with Crippen molar-refractivity contribution in [3.8, 4) is 0 Å². The van der Waals surface area contributed by atoms with E-state index in [9.17, 15) is 14.4 Å². The molecule has 2 aromatic carbocycles. The third-order valence-electron chi connectivity index (χ3n) is 6.36. The number of carbonyl (C=O) groups excluding carboxylic acids is 3. The summed E-state index contributed by atoms with van der Waals surface area (Å²) in [5.74, 6) is -1.23. The van der Waals surface area contributed by atoms with Gasteiger partial charge in [-0.2, -0.15) is 0 Å². The number of aromatic amines is 1. The molecule has 0 fully saturated rings. The fraction of sp³-hybridized carbons (Fsp3) is 0.433. The van der Waals surface area contributed by atoms with Crippen LogP contribution >= 0.6 is 0 Å². The van der Waals surface area contributed by atoms with E-state index in [4.69, 9.17) is 15.2 Å². The molecule has 9 nitrogen and oxygen atoms in total. The summed E-state index contributed by atoms with van der Waals surface area (Å²) in [6, 6.07) is 15.5. The van der Waals surface area contributed by atoms with E-state index in [1.807, 2.05) is 67.7 Å². The molecular weight excluding hydrogens is 496 g/mol. The van der Waals surface area contributed by atoms with Crippen molar-refractivity contribution >= 4 is 28.9 Å². The molecule has 1 aromatic heterocycles. The van der Waals surface area contributed by atoms with Gasteiger partial charge < -0.3 is 30.8 Å². The maximum atomic E-state index is 13.1. The van der Waals surface area contributed by atoms with Crippen molar-refractivity contribution in [2.24, 2.45) is 5.73 Å². The summed E-state index contributed by atoms with van der Waals surface area (Å²) in [5, 5.41) is 6.52. The maximum Gasteiger partial charge on any atom is 0.407 e. The Balaban J connectivity index is 1.51. The fourth-order valence-electron chi connectivity index (χ4n) is 4.22. The first-order valence-corrected chi connectivity index (χ1v) is 13.3. The van der Waals surface area contributed by atoms with Crippen LogP contribution in [-0.4, -0.2) is 47.2 Å². The molecule has 3 aromatic rings. The Morgan fingerprint density at radius 2 is 1.69 bits per heavy atom. The van der Waals surface area contributed by atoms with Gasteiger partial charge in [-0.25, -0.2) is 9.59 Å². The molecule has 3 atom stereocenters. The zero-order valence-corrected chi connectivity index (χ0v) is 23.2. The van der Waals surface area contributed by atoms with Crippen LogP contribution in [-0.2, 0) is 25.7 Å². The predicted octanol–water partition coefficient (Wildman–Crippen LogP) is 4.52. The van der Waals surface area contributed by atoms with Crippen LogP contribution in [0.5, 0.6) is 0 Å². The number of amides is 2. The molecule has 9 heteroatoms. The number of H-pyrrole nitrogens is 1. The lowest BCUT2D eigenvalue weighted by atomic mass is 9.92. The van der Waals surface area contributed by atoms with Crippen molar-refractivity contribution in [2.45, 2.75) is 77.2 Å². The lowest BCUT2D eigenvalue weighted by molar-refractivity contribution is -0.159. The van der Waals surface area contributed by atoms with Crippen LogP contribution < -0.4 is 16.4 Å². The van der Waals surface area contributed by atoms with Crippen LogP contribution in [0.4, 0.5) is 4.79 Å². The molecule has 5 N–H and O–H groups in total. The largest absolute Gasteiger partial charge is 0.458 e. The smallest absolute Gasteiger partial charge is 0.407 e. The minimum atomic E-state index is -0.866. The summed E-state index contributed by atoms with van der Waals surface area (Å²) in [4.78, 5) is 41.2. The highest BCUT2D eigenvalue weighted by molar-refractivity contribution is 5.90. The molecule has 0 saturated carbocycles. The number of ether oxygens (including phenoxy) is 2. The number of carbonyl (C=O) groups is 3. The molecule has 0 aliphatic rings. The molecule has 1 heterocycles. The number of aromatic nitrogens is 1. The average Bonchev–Trinajstić information content (AvgIpc) is 3.34. The molecule has 3 rings (SSSR count). The number of alkyl carbamates (subject to hydrolysis) is 1. The number of benzene rings is 2. The topological polar surface area (TPSA) is 136 Å². The highest BCUT2D eigenvalue weighted by Gasteiger charge is 2.30. The first kappa shape index (κ1) is 29.7. The van der Waals surface area contributed by atoms with Gasteiger partial charge in [-0.05, 0) is 57.2 Å². The standard InChI is InChI=1S/C30H40N4O5/c1-20(23-18-33-24-15-9-8-14-22(23)24)26(31)27(35)34-25(28(36)39-30(2,3)4)16-10-11-17-32-29(37)38-19-21-12-6-5-7-13-21/h5-9,12-15,18,20,25-26,33H,10-11,16-17,19,31H2,1-4H3,(H,32,37)(H,34,35)/t20-,25?,26?/m0/s1. The van der Waals surface area contributed by atoms with Gasteiger partial charge in [0.05, 0.1) is 6.04 Å². The van der Waals surface area contributed by atoms with Crippen molar-refractivity contribution in [3.63, 3.8) is 0 Å². The number of unbranched alkanes of at least 4 members (excludes halogenated alkanes) is 1. The summed E-state index contributed by atoms with van der Waals surface area (Å²) in [5.41, 5.74) is 8.46. The highest BCUT2D eigenvalue weighted by atomic mass is 16.6. The van der Waals surface area contributed by atoms with E-state index in [-0.39, 0.29) is 12.5 Å². The number of fused-ring (bicyclic) bond motifs is 1. The van der Waals surface area contributed by atoms with Gasteiger partial charge in [0.2, 0.25) is 5.91 Å². The lowest BCUT2D eigenvalue weighted by Crippen LogP contribution is -2.51. The van der Waals surface area contributed by atoms with Crippen LogP contribution in [0.15, 0.2) is 60.8 Å². The zero-order chi connectivity index (χ0) is 28.4. The molecule has 2 amide bonds. The lowest BCUT2D eigenvalue weighted by Gasteiger charge is -2.26. The second-order valence-corrected chi connectivity index (χ2v) is 10.7. The average molecular weight is 537 g/mol. The van der Waals surface area contributed by atoms with E-state index in [0.29, 0.717) is 25.8 Å². The Hall–Kier alpha value is -3.85. The van der Waals surface area contributed by atoms with Gasteiger partial charge in [0.25, 0.3) is 0 Å². The molecule has 39 heavy (non-hydrogen) atoms. The van der Waals surface area contributed by atoms with Crippen LogP contribution in [0.2, 0.25) is 0 Å². The van der Waals surface area contributed by atoms with Crippen LogP contribution in [0.3, 0.4) is 0 Å². The Labute approximate surface area is 229 Å². The van der Waals surface area contributed by atoms with E-state index < -0.39 is 35.7 Å². The van der Waals surface area contributed by atoms with Gasteiger partial charge in [0, 0.05) is 29.6 Å². The molecule has 0 bridgehead atoms. The Morgan fingerprint density at radius 1 is 1.00 bits per heavy atom. The summed E-state index contributed by atoms with van der Waals surface area (Å²) in [6.45, 7) is 7.79. The highest BCUT2D eigenvalue weighted by Crippen LogP contribution is 2.27. The van der Waals surface area contributed by atoms with Crippen molar-refractivity contribution < 1.29 is 23.9 Å². The summed E-state index contributed by atoms with van der Waals surface area (Å²) in [7, 11) is 0. The molecule has 0 aliphatic carbocycles. The molecule has 0 spiro atoms. The van der Waals surface area contributed by atoms with Crippen molar-refractivity contribution in [3.05, 3.63) is 71.9 Å². The van der Waals surface area contributed by atoms with E-state index in [1.54, 1.807) is 20.8 Å². The summed E-state index contributed by atoms with van der Waals surface area (Å²) >= 11 is 0. The SMILES string of the molecule is C[C@@H](c1c[nH]c2ccccc12)C(N)C(=O)NC(CCCCNC(=O)OCc1ccccc1)C(=O)OC(C)(C)C. The molecule has 210 valence electrons.